The maximum Gasteiger partial charge on any atom is 0.328 e. The number of amides is 5. The molecule has 14 heteroatoms. The number of anilines is 2. The number of thioether (sulfide) groups is 1. The number of rotatable bonds is 3. The first-order chi connectivity index (χ1) is 17.3. The minimum absolute atomic E-state index is 0.122. The first-order valence-corrected chi connectivity index (χ1v) is 12.3. The lowest BCUT2D eigenvalue weighted by molar-refractivity contribution is -0.151. The van der Waals surface area contributed by atoms with Gasteiger partial charge in [-0.1, -0.05) is 16.9 Å². The summed E-state index contributed by atoms with van der Waals surface area (Å²) in [5.41, 5.74) is -1.31. The van der Waals surface area contributed by atoms with Gasteiger partial charge in [-0.05, 0) is 18.6 Å². The SMILES string of the molecule is COC[C@H]1CN(c2noc3c(F)c4c(cc23)CC2(C(=O)NC(=O)NC2=O)[C@H]2[C@H](C)OCCN42)C(=O)S1. The Labute approximate surface area is 207 Å². The van der Waals surface area contributed by atoms with Gasteiger partial charge in [0, 0.05) is 26.6 Å². The number of benzene rings is 1. The number of halogens is 1. The van der Waals surface area contributed by atoms with Crippen LogP contribution in [0.5, 0.6) is 0 Å². The third-order valence-corrected chi connectivity index (χ3v) is 8.28. The van der Waals surface area contributed by atoms with E-state index in [1.807, 2.05) is 0 Å². The van der Waals surface area contributed by atoms with Gasteiger partial charge in [-0.3, -0.25) is 29.9 Å². The van der Waals surface area contributed by atoms with Crippen LogP contribution < -0.4 is 20.4 Å². The normalized spacial score (nSPS) is 27.4. The molecule has 36 heavy (non-hydrogen) atoms. The number of hydrogen-bond donors (Lipinski definition) is 2. The minimum atomic E-state index is -1.74. The van der Waals surface area contributed by atoms with Crippen LogP contribution in [0.1, 0.15) is 12.5 Å². The van der Waals surface area contributed by atoms with Gasteiger partial charge in [0.25, 0.3) is 5.24 Å². The molecule has 5 amide bonds. The van der Waals surface area contributed by atoms with Crippen LogP contribution in [0.4, 0.5) is 25.5 Å². The number of aromatic nitrogens is 1. The fraction of sp³-hybridized carbons (Fsp3) is 0.500. The molecule has 6 rings (SSSR count). The van der Waals surface area contributed by atoms with Crippen LogP contribution in [0.25, 0.3) is 11.0 Å². The van der Waals surface area contributed by atoms with Gasteiger partial charge in [0.15, 0.2) is 17.1 Å². The Morgan fingerprint density at radius 2 is 2.03 bits per heavy atom. The number of urea groups is 1. The van der Waals surface area contributed by atoms with Gasteiger partial charge in [0.2, 0.25) is 17.4 Å². The van der Waals surface area contributed by atoms with E-state index in [-0.39, 0.29) is 52.5 Å². The summed E-state index contributed by atoms with van der Waals surface area (Å²) >= 11 is 1.10. The smallest absolute Gasteiger partial charge is 0.328 e. The molecule has 0 saturated carbocycles. The number of hydrogen-bond acceptors (Lipinski definition) is 10. The van der Waals surface area contributed by atoms with Gasteiger partial charge < -0.3 is 18.9 Å². The standard InChI is InChI=1S/C22H22FN5O7S/c1-9-16-22(18(29)24-20(31)25-19(22)30)6-10-5-12-15(13(23)14(10)27(16)3-4-34-9)35-26-17(12)28-7-11(8-33-2)36-21(28)32/h5,9,11,16H,3-4,6-8H2,1-2H3,(H2,24,25,29,30,31)/t9-,11+,16+/m0/s1. The van der Waals surface area contributed by atoms with Crippen LogP contribution in [0.2, 0.25) is 0 Å². The van der Waals surface area contributed by atoms with Crippen molar-refractivity contribution >= 4 is 57.3 Å². The van der Waals surface area contributed by atoms with Crippen LogP contribution in [0, 0.1) is 11.2 Å². The van der Waals surface area contributed by atoms with Gasteiger partial charge >= 0.3 is 6.03 Å². The maximum absolute atomic E-state index is 16.1. The van der Waals surface area contributed by atoms with Crippen LogP contribution in [0.15, 0.2) is 10.6 Å². The number of methoxy groups -OCH3 is 1. The van der Waals surface area contributed by atoms with Crippen molar-refractivity contribution in [3.05, 3.63) is 17.4 Å². The molecular formula is C22H22FN5O7S. The predicted octanol–water partition coefficient (Wildman–Crippen LogP) is 1.16. The molecule has 1 aromatic carbocycles. The summed E-state index contributed by atoms with van der Waals surface area (Å²) in [6.45, 7) is 2.82. The summed E-state index contributed by atoms with van der Waals surface area (Å²) in [5, 5.41) is 8.26. The fourth-order valence-corrected chi connectivity index (χ4v) is 6.81. The fourth-order valence-electron chi connectivity index (χ4n) is 5.81. The molecule has 4 aliphatic heterocycles. The summed E-state index contributed by atoms with van der Waals surface area (Å²) in [5.74, 6) is -2.08. The zero-order valence-electron chi connectivity index (χ0n) is 19.3. The Balaban J connectivity index is 1.51. The number of barbiturate groups is 1. The molecule has 1 aromatic heterocycles. The monoisotopic (exact) mass is 519 g/mol. The predicted molar refractivity (Wildman–Crippen MR) is 124 cm³/mol. The lowest BCUT2D eigenvalue weighted by Crippen LogP contribution is -2.74. The third-order valence-electron chi connectivity index (χ3n) is 7.24. The van der Waals surface area contributed by atoms with E-state index in [9.17, 15) is 19.2 Å². The number of imide groups is 2. The first-order valence-electron chi connectivity index (χ1n) is 11.4. The van der Waals surface area contributed by atoms with Crippen molar-refractivity contribution in [2.45, 2.75) is 30.7 Å². The highest BCUT2D eigenvalue weighted by molar-refractivity contribution is 8.14. The second-order valence-corrected chi connectivity index (χ2v) is 10.5. The zero-order chi connectivity index (χ0) is 25.4. The average molecular weight is 520 g/mol. The molecule has 0 aliphatic carbocycles. The highest BCUT2D eigenvalue weighted by atomic mass is 32.2. The molecule has 1 spiro atoms. The van der Waals surface area contributed by atoms with Crippen molar-refractivity contribution in [2.24, 2.45) is 5.41 Å². The highest BCUT2D eigenvalue weighted by Gasteiger charge is 2.63. The van der Waals surface area contributed by atoms with E-state index in [0.717, 1.165) is 11.8 Å². The summed E-state index contributed by atoms with van der Waals surface area (Å²) in [7, 11) is 1.54. The van der Waals surface area contributed by atoms with Crippen LogP contribution in [-0.4, -0.2) is 79.1 Å². The number of carbonyl (C=O) groups is 4. The van der Waals surface area contributed by atoms with E-state index in [0.29, 0.717) is 18.7 Å². The van der Waals surface area contributed by atoms with Crippen molar-refractivity contribution in [3.63, 3.8) is 0 Å². The molecule has 5 heterocycles. The van der Waals surface area contributed by atoms with Gasteiger partial charge in [0.1, 0.15) is 0 Å². The molecule has 3 atom stereocenters. The summed E-state index contributed by atoms with van der Waals surface area (Å²) < 4.78 is 32.3. The molecule has 3 saturated heterocycles. The van der Waals surface area contributed by atoms with E-state index >= 15 is 4.39 Å². The van der Waals surface area contributed by atoms with Gasteiger partial charge in [-0.2, -0.15) is 0 Å². The lowest BCUT2D eigenvalue weighted by Gasteiger charge is -2.54. The topological polar surface area (TPSA) is 143 Å². The van der Waals surface area contributed by atoms with E-state index in [1.165, 1.54) is 4.90 Å². The van der Waals surface area contributed by atoms with Crippen molar-refractivity contribution in [3.8, 4) is 0 Å². The second-order valence-electron chi connectivity index (χ2n) is 9.25. The molecule has 2 aromatic rings. The first kappa shape index (κ1) is 23.2. The number of nitrogens with one attached hydrogen (secondary N) is 2. The molecule has 0 bridgehead atoms. The van der Waals surface area contributed by atoms with Crippen molar-refractivity contribution in [2.75, 3.05) is 43.2 Å². The summed E-state index contributed by atoms with van der Waals surface area (Å²) in [4.78, 5) is 54.1. The van der Waals surface area contributed by atoms with Crippen LogP contribution in [0.3, 0.4) is 0 Å². The zero-order valence-corrected chi connectivity index (χ0v) is 20.1. The maximum atomic E-state index is 16.1. The van der Waals surface area contributed by atoms with E-state index in [4.69, 9.17) is 14.0 Å². The van der Waals surface area contributed by atoms with Crippen LogP contribution >= 0.6 is 11.8 Å². The number of fused-ring (bicyclic) bond motifs is 5. The molecule has 12 nitrogen and oxygen atoms in total. The van der Waals surface area contributed by atoms with Crippen molar-refractivity contribution in [1.82, 2.24) is 15.8 Å². The largest absolute Gasteiger partial charge is 0.383 e. The average Bonchev–Trinajstić information content (AvgIpc) is 3.40. The Hall–Kier alpha value is -3.23. The Bertz CT molecular complexity index is 1310. The van der Waals surface area contributed by atoms with Crippen molar-refractivity contribution < 1.29 is 37.6 Å². The molecule has 0 radical (unpaired) electrons. The van der Waals surface area contributed by atoms with Crippen LogP contribution in [-0.2, 0) is 25.5 Å². The number of nitrogens with zero attached hydrogens (tertiary/aromatic N) is 3. The summed E-state index contributed by atoms with van der Waals surface area (Å²) in [6.07, 6.45) is -0.803. The molecule has 4 aliphatic rings. The number of carbonyl (C=O) groups excluding carboxylic acids is 4. The molecule has 190 valence electrons. The number of morpholine rings is 1. The molecular weight excluding hydrogens is 497 g/mol. The van der Waals surface area contributed by atoms with E-state index < -0.39 is 41.2 Å². The number of ether oxygens (including phenoxy) is 2. The van der Waals surface area contributed by atoms with Gasteiger partial charge in [-0.15, -0.1) is 0 Å². The van der Waals surface area contributed by atoms with E-state index in [1.54, 1.807) is 25.0 Å². The van der Waals surface area contributed by atoms with Gasteiger partial charge in [-0.25, -0.2) is 9.18 Å². The third kappa shape index (κ3) is 3.10. The second kappa shape index (κ2) is 8.15. The molecule has 2 N–H and O–H groups in total. The Morgan fingerprint density at radius 3 is 2.75 bits per heavy atom. The quantitative estimate of drug-likeness (QED) is 0.567. The molecule has 0 unspecified atom stereocenters. The van der Waals surface area contributed by atoms with Crippen molar-refractivity contribution in [1.29, 1.82) is 0 Å². The van der Waals surface area contributed by atoms with E-state index in [2.05, 4.69) is 15.8 Å². The Morgan fingerprint density at radius 1 is 1.28 bits per heavy atom. The van der Waals surface area contributed by atoms with Gasteiger partial charge in [0.05, 0.1) is 41.7 Å². The highest BCUT2D eigenvalue weighted by Crippen LogP contribution is 2.49. The lowest BCUT2D eigenvalue weighted by atomic mass is 9.66. The summed E-state index contributed by atoms with van der Waals surface area (Å²) in [6, 6.07) is -0.167. The molecule has 3 fully saturated rings. The minimum Gasteiger partial charge on any atom is -0.383 e. The Kier molecular flexibility index (Phi) is 5.25.